The molecule has 0 aliphatic carbocycles. The normalized spacial score (nSPS) is 12.0. The zero-order chi connectivity index (χ0) is 17.7. The fourth-order valence-corrected chi connectivity index (χ4v) is 2.11. The largest absolute Gasteiger partial charge is 0.442 e. The first kappa shape index (κ1) is 19.4. The van der Waals surface area contributed by atoms with Crippen molar-refractivity contribution >= 4 is 16.2 Å². The van der Waals surface area contributed by atoms with Gasteiger partial charge in [-0.15, -0.1) is 4.28 Å². The van der Waals surface area contributed by atoms with E-state index in [0.29, 0.717) is 17.2 Å². The standard InChI is InChI=1S/C15H23NO6S/c1-15(2,3)21-14(17)16(22-23(5,18)19)10-12-6-8-13(9-7-12)11-20-4/h6-9H,10-11H2,1-5H3. The van der Waals surface area contributed by atoms with Gasteiger partial charge in [-0.25, -0.2) is 4.79 Å². The summed E-state index contributed by atoms with van der Waals surface area (Å²) >= 11 is 0. The average molecular weight is 345 g/mol. The molecule has 8 heteroatoms. The van der Waals surface area contributed by atoms with E-state index in [1.54, 1.807) is 40.0 Å². The Hall–Kier alpha value is -1.64. The molecular weight excluding hydrogens is 322 g/mol. The summed E-state index contributed by atoms with van der Waals surface area (Å²) in [7, 11) is -2.26. The number of benzene rings is 1. The highest BCUT2D eigenvalue weighted by atomic mass is 32.2. The van der Waals surface area contributed by atoms with E-state index in [-0.39, 0.29) is 6.54 Å². The minimum absolute atomic E-state index is 0.0603. The Balaban J connectivity index is 2.89. The van der Waals surface area contributed by atoms with Crippen LogP contribution >= 0.6 is 0 Å². The monoisotopic (exact) mass is 345 g/mol. The minimum atomic E-state index is -3.86. The molecule has 0 aliphatic rings. The third kappa shape index (κ3) is 7.96. The SMILES string of the molecule is COCc1ccc(CN(OS(C)(=O)=O)C(=O)OC(C)(C)C)cc1. The molecule has 0 fully saturated rings. The Bertz CT molecular complexity index is 618. The Labute approximate surface area is 137 Å². The van der Waals surface area contributed by atoms with E-state index in [2.05, 4.69) is 0 Å². The van der Waals surface area contributed by atoms with Crippen LogP contribution in [0.4, 0.5) is 4.79 Å². The van der Waals surface area contributed by atoms with E-state index in [9.17, 15) is 13.2 Å². The smallest absolute Gasteiger partial charge is 0.435 e. The molecule has 130 valence electrons. The van der Waals surface area contributed by atoms with Crippen LogP contribution in [0.2, 0.25) is 0 Å². The summed E-state index contributed by atoms with van der Waals surface area (Å²) in [4.78, 5) is 12.1. The highest BCUT2D eigenvalue weighted by Gasteiger charge is 2.26. The van der Waals surface area contributed by atoms with Gasteiger partial charge in [-0.05, 0) is 31.9 Å². The fraction of sp³-hybridized carbons (Fsp3) is 0.533. The van der Waals surface area contributed by atoms with E-state index >= 15 is 0 Å². The maximum Gasteiger partial charge on any atom is 0.435 e. The Morgan fingerprint density at radius 2 is 1.65 bits per heavy atom. The van der Waals surface area contributed by atoms with Crippen molar-refractivity contribution in [3.63, 3.8) is 0 Å². The van der Waals surface area contributed by atoms with Crippen LogP contribution in [0.1, 0.15) is 31.9 Å². The molecule has 0 saturated heterocycles. The van der Waals surface area contributed by atoms with Gasteiger partial charge < -0.3 is 9.47 Å². The molecule has 23 heavy (non-hydrogen) atoms. The van der Waals surface area contributed by atoms with Crippen molar-refractivity contribution in [1.29, 1.82) is 0 Å². The molecular formula is C15H23NO6S. The highest BCUT2D eigenvalue weighted by Crippen LogP contribution is 2.15. The van der Waals surface area contributed by atoms with E-state index in [1.165, 1.54) is 0 Å². The van der Waals surface area contributed by atoms with Crippen molar-refractivity contribution in [3.05, 3.63) is 35.4 Å². The molecule has 0 radical (unpaired) electrons. The zero-order valence-corrected chi connectivity index (χ0v) is 14.8. The lowest BCUT2D eigenvalue weighted by molar-refractivity contribution is -0.0733. The van der Waals surface area contributed by atoms with Crippen LogP contribution in [0.3, 0.4) is 0 Å². The van der Waals surface area contributed by atoms with Crippen LogP contribution in [0, 0.1) is 0 Å². The molecule has 1 aromatic rings. The first-order valence-electron chi connectivity index (χ1n) is 6.97. The molecule has 0 atom stereocenters. The van der Waals surface area contributed by atoms with Gasteiger partial charge in [0.25, 0.3) is 10.1 Å². The van der Waals surface area contributed by atoms with Gasteiger partial charge in [-0.1, -0.05) is 24.3 Å². The van der Waals surface area contributed by atoms with Gasteiger partial charge in [-0.3, -0.25) is 0 Å². The van der Waals surface area contributed by atoms with Crippen molar-refractivity contribution in [2.45, 2.75) is 39.5 Å². The molecule has 0 unspecified atom stereocenters. The van der Waals surface area contributed by atoms with Gasteiger partial charge in [0.1, 0.15) is 5.60 Å². The van der Waals surface area contributed by atoms with Crippen LogP contribution in [0.15, 0.2) is 24.3 Å². The Morgan fingerprint density at radius 3 is 2.09 bits per heavy atom. The van der Waals surface area contributed by atoms with Crippen molar-refractivity contribution < 1.29 is 27.0 Å². The van der Waals surface area contributed by atoms with Crippen LogP contribution in [-0.2, 0) is 37.0 Å². The number of carbonyl (C=O) groups excluding carboxylic acids is 1. The second-order valence-electron chi connectivity index (χ2n) is 6.05. The van der Waals surface area contributed by atoms with Gasteiger partial charge in [0.05, 0.1) is 19.4 Å². The molecule has 0 spiro atoms. The molecule has 1 amide bonds. The van der Waals surface area contributed by atoms with Crippen LogP contribution in [-0.4, -0.2) is 38.5 Å². The van der Waals surface area contributed by atoms with Gasteiger partial charge in [0.2, 0.25) is 0 Å². The van der Waals surface area contributed by atoms with E-state index in [4.69, 9.17) is 13.8 Å². The number of rotatable bonds is 6. The van der Waals surface area contributed by atoms with Crippen LogP contribution in [0.25, 0.3) is 0 Å². The zero-order valence-electron chi connectivity index (χ0n) is 14.0. The van der Waals surface area contributed by atoms with Gasteiger partial charge >= 0.3 is 6.09 Å². The summed E-state index contributed by atoms with van der Waals surface area (Å²) in [6.45, 7) is 5.46. The summed E-state index contributed by atoms with van der Waals surface area (Å²) in [6, 6.07) is 7.17. The predicted octanol–water partition coefficient (Wildman–Crippen LogP) is 2.46. The molecule has 0 aliphatic heterocycles. The number of amides is 1. The number of methoxy groups -OCH3 is 1. The summed E-state index contributed by atoms with van der Waals surface area (Å²) in [6.07, 6.45) is -0.00428. The maximum atomic E-state index is 12.1. The molecule has 7 nitrogen and oxygen atoms in total. The van der Waals surface area contributed by atoms with Crippen LogP contribution in [0.5, 0.6) is 0 Å². The molecule has 0 aromatic heterocycles. The second kappa shape index (κ2) is 7.76. The first-order valence-corrected chi connectivity index (χ1v) is 8.78. The third-order valence-electron chi connectivity index (χ3n) is 2.48. The molecule has 0 N–H and O–H groups in total. The Morgan fingerprint density at radius 1 is 1.13 bits per heavy atom. The number of nitrogens with zero attached hydrogens (tertiary/aromatic N) is 1. The van der Waals surface area contributed by atoms with Crippen LogP contribution < -0.4 is 0 Å². The highest BCUT2D eigenvalue weighted by molar-refractivity contribution is 7.85. The topological polar surface area (TPSA) is 82.1 Å². The number of hydrogen-bond donors (Lipinski definition) is 0. The van der Waals surface area contributed by atoms with Crippen molar-refractivity contribution in [2.24, 2.45) is 0 Å². The van der Waals surface area contributed by atoms with Gasteiger partial charge in [-0.2, -0.15) is 13.5 Å². The number of hydroxylamine groups is 2. The molecule has 1 rings (SSSR count). The van der Waals surface area contributed by atoms with Crippen molar-refractivity contribution in [1.82, 2.24) is 5.06 Å². The first-order chi connectivity index (χ1) is 10.5. The Kier molecular flexibility index (Phi) is 6.55. The summed E-state index contributed by atoms with van der Waals surface area (Å²) < 4.78 is 37.6. The number of hydrogen-bond acceptors (Lipinski definition) is 6. The van der Waals surface area contributed by atoms with Crippen molar-refractivity contribution in [3.8, 4) is 0 Å². The van der Waals surface area contributed by atoms with E-state index in [1.807, 2.05) is 12.1 Å². The van der Waals surface area contributed by atoms with E-state index in [0.717, 1.165) is 11.8 Å². The summed E-state index contributed by atoms with van der Waals surface area (Å²) in [5.74, 6) is 0. The fourth-order valence-electron chi connectivity index (χ4n) is 1.67. The average Bonchev–Trinajstić information content (AvgIpc) is 2.37. The minimum Gasteiger partial charge on any atom is -0.442 e. The van der Waals surface area contributed by atoms with E-state index < -0.39 is 21.8 Å². The summed E-state index contributed by atoms with van der Waals surface area (Å²) in [5, 5.41) is 0.686. The summed E-state index contributed by atoms with van der Waals surface area (Å²) in [5.41, 5.74) is 0.891. The maximum absolute atomic E-state index is 12.1. The van der Waals surface area contributed by atoms with Gasteiger partial charge in [0.15, 0.2) is 0 Å². The third-order valence-corrected chi connectivity index (χ3v) is 2.93. The molecule has 0 saturated carbocycles. The van der Waals surface area contributed by atoms with Crippen molar-refractivity contribution in [2.75, 3.05) is 13.4 Å². The number of ether oxygens (including phenoxy) is 2. The lowest BCUT2D eigenvalue weighted by atomic mass is 10.1. The second-order valence-corrected chi connectivity index (χ2v) is 7.60. The number of carbonyl (C=O) groups is 1. The predicted molar refractivity (Wildman–Crippen MR) is 84.9 cm³/mol. The molecule has 0 bridgehead atoms. The lowest BCUT2D eigenvalue weighted by Crippen LogP contribution is -2.37. The molecule has 1 aromatic carbocycles. The lowest BCUT2D eigenvalue weighted by Gasteiger charge is -2.25. The quantitative estimate of drug-likeness (QED) is 0.737. The van der Waals surface area contributed by atoms with Gasteiger partial charge in [0, 0.05) is 7.11 Å². The molecule has 0 heterocycles.